The molecule has 1 saturated heterocycles. The highest BCUT2D eigenvalue weighted by molar-refractivity contribution is 14.0. The third-order valence-corrected chi connectivity index (χ3v) is 3.81. The van der Waals surface area contributed by atoms with E-state index in [2.05, 4.69) is 56.8 Å². The number of halogens is 1. The molecule has 5 heteroatoms. The van der Waals surface area contributed by atoms with Crippen molar-refractivity contribution in [3.63, 3.8) is 0 Å². The monoisotopic (exact) mass is 412 g/mol. The van der Waals surface area contributed by atoms with Crippen LogP contribution in [-0.2, 0) is 0 Å². The maximum absolute atomic E-state index is 5.27. The van der Waals surface area contributed by atoms with E-state index in [1.54, 1.807) is 7.05 Å². The molecule has 1 aromatic rings. The summed E-state index contributed by atoms with van der Waals surface area (Å²) in [6.45, 7) is 3.64. The third-order valence-electron chi connectivity index (χ3n) is 3.81. The van der Waals surface area contributed by atoms with Crippen LogP contribution in [0.4, 0.5) is 0 Å². The number of hydrogen-bond acceptors (Lipinski definition) is 2. The molecular weight excluding hydrogens is 387 g/mol. The van der Waals surface area contributed by atoms with Crippen LogP contribution in [0.25, 0.3) is 0 Å². The van der Waals surface area contributed by atoms with Crippen molar-refractivity contribution >= 4 is 29.9 Å². The third kappa shape index (κ3) is 5.50. The molecular formula is C17H25IN4. The van der Waals surface area contributed by atoms with Gasteiger partial charge in [0.25, 0.3) is 0 Å². The molecule has 1 heterocycles. The predicted molar refractivity (Wildman–Crippen MR) is 104 cm³/mol. The Morgan fingerprint density at radius 3 is 2.55 bits per heavy atom. The molecule has 0 radical (unpaired) electrons. The van der Waals surface area contributed by atoms with Crippen LogP contribution >= 0.6 is 24.0 Å². The molecule has 0 aliphatic carbocycles. The molecule has 0 spiro atoms. The number of likely N-dealkylation sites (tertiary alicyclic amines) is 1. The molecule has 1 aromatic carbocycles. The van der Waals surface area contributed by atoms with Crippen molar-refractivity contribution in [3.8, 4) is 12.3 Å². The topological polar surface area (TPSA) is 39.7 Å². The first-order valence-corrected chi connectivity index (χ1v) is 7.52. The summed E-state index contributed by atoms with van der Waals surface area (Å²) >= 11 is 0. The van der Waals surface area contributed by atoms with E-state index in [1.807, 2.05) is 0 Å². The number of guanidine groups is 1. The minimum Gasteiger partial charge on any atom is -0.354 e. The van der Waals surface area contributed by atoms with E-state index in [9.17, 15) is 0 Å². The summed E-state index contributed by atoms with van der Waals surface area (Å²) in [6.07, 6.45) is 7.84. The van der Waals surface area contributed by atoms with Crippen molar-refractivity contribution in [2.45, 2.75) is 18.9 Å². The van der Waals surface area contributed by atoms with E-state index in [4.69, 9.17) is 6.42 Å². The fourth-order valence-electron chi connectivity index (χ4n) is 2.73. The zero-order valence-corrected chi connectivity index (χ0v) is 15.4. The van der Waals surface area contributed by atoms with Crippen molar-refractivity contribution < 1.29 is 0 Å². The summed E-state index contributed by atoms with van der Waals surface area (Å²) in [4.78, 5) is 6.74. The van der Waals surface area contributed by atoms with Crippen LogP contribution in [0, 0.1) is 12.3 Å². The minimum atomic E-state index is 0. The number of hydrogen-bond donors (Lipinski definition) is 2. The van der Waals surface area contributed by atoms with E-state index in [1.165, 1.54) is 18.4 Å². The number of nitrogens with zero attached hydrogens (tertiary/aromatic N) is 2. The summed E-state index contributed by atoms with van der Waals surface area (Å²) in [5.41, 5.74) is 1.35. The summed E-state index contributed by atoms with van der Waals surface area (Å²) in [7, 11) is 1.76. The quantitative estimate of drug-likeness (QED) is 0.337. The highest BCUT2D eigenvalue weighted by Crippen LogP contribution is 2.24. The summed E-state index contributed by atoms with van der Waals surface area (Å²) in [6, 6.07) is 11.0. The highest BCUT2D eigenvalue weighted by Gasteiger charge is 2.23. The first-order chi connectivity index (χ1) is 10.3. The lowest BCUT2D eigenvalue weighted by Gasteiger charge is -2.28. The molecule has 4 nitrogen and oxygen atoms in total. The van der Waals surface area contributed by atoms with Gasteiger partial charge in [0.15, 0.2) is 5.96 Å². The van der Waals surface area contributed by atoms with Crippen molar-refractivity contribution in [2.24, 2.45) is 4.99 Å². The standard InChI is InChI=1S/C17H24N4.HI/c1-3-11-19-17(18-2)20-14-16(21-12-7-8-13-21)15-9-5-4-6-10-15;/h1,4-6,9-10,16H,7-8,11-14H2,2H3,(H2,18,19,20);1H. The number of rotatable bonds is 5. The Hall–Kier alpha value is -1.26. The van der Waals surface area contributed by atoms with Crippen LogP contribution in [0.5, 0.6) is 0 Å². The van der Waals surface area contributed by atoms with Crippen LogP contribution in [0.2, 0.25) is 0 Å². The van der Waals surface area contributed by atoms with Gasteiger partial charge in [-0.25, -0.2) is 0 Å². The van der Waals surface area contributed by atoms with Gasteiger partial charge in [-0.1, -0.05) is 36.3 Å². The van der Waals surface area contributed by atoms with Gasteiger partial charge in [0.2, 0.25) is 0 Å². The van der Waals surface area contributed by atoms with E-state index in [0.29, 0.717) is 12.6 Å². The number of aliphatic imine (C=N–C) groups is 1. The summed E-state index contributed by atoms with van der Waals surface area (Å²) in [5, 5.41) is 6.48. The molecule has 0 amide bonds. The number of nitrogens with one attached hydrogen (secondary N) is 2. The Morgan fingerprint density at radius 1 is 1.27 bits per heavy atom. The average molecular weight is 412 g/mol. The molecule has 0 aromatic heterocycles. The van der Waals surface area contributed by atoms with Gasteiger partial charge < -0.3 is 10.6 Å². The Morgan fingerprint density at radius 2 is 1.95 bits per heavy atom. The Bertz CT molecular complexity index is 489. The van der Waals surface area contributed by atoms with Crippen molar-refractivity contribution in [2.75, 3.05) is 33.2 Å². The molecule has 1 aliphatic heterocycles. The second-order valence-electron chi connectivity index (χ2n) is 5.18. The van der Waals surface area contributed by atoms with E-state index in [-0.39, 0.29) is 24.0 Å². The lowest BCUT2D eigenvalue weighted by Crippen LogP contribution is -2.42. The van der Waals surface area contributed by atoms with Crippen LogP contribution in [0.1, 0.15) is 24.4 Å². The highest BCUT2D eigenvalue weighted by atomic mass is 127. The first kappa shape index (κ1) is 18.8. The van der Waals surface area contributed by atoms with Gasteiger partial charge in [-0.2, -0.15) is 0 Å². The molecule has 2 N–H and O–H groups in total. The summed E-state index contributed by atoms with van der Waals surface area (Å²) in [5.74, 6) is 3.32. The fraction of sp³-hybridized carbons (Fsp3) is 0.471. The largest absolute Gasteiger partial charge is 0.354 e. The number of benzene rings is 1. The second kappa shape index (κ2) is 10.5. The van der Waals surface area contributed by atoms with E-state index >= 15 is 0 Å². The molecule has 120 valence electrons. The van der Waals surface area contributed by atoms with Gasteiger partial charge >= 0.3 is 0 Å². The van der Waals surface area contributed by atoms with E-state index in [0.717, 1.165) is 25.6 Å². The predicted octanol–water partition coefficient (Wildman–Crippen LogP) is 2.24. The summed E-state index contributed by atoms with van der Waals surface area (Å²) < 4.78 is 0. The Kier molecular flexibility index (Phi) is 8.94. The van der Waals surface area contributed by atoms with Crippen LogP contribution in [0.3, 0.4) is 0 Å². The smallest absolute Gasteiger partial charge is 0.191 e. The first-order valence-electron chi connectivity index (χ1n) is 7.52. The minimum absolute atomic E-state index is 0. The maximum atomic E-state index is 5.27. The van der Waals surface area contributed by atoms with Crippen LogP contribution < -0.4 is 10.6 Å². The van der Waals surface area contributed by atoms with Crippen LogP contribution in [0.15, 0.2) is 35.3 Å². The normalized spacial score (nSPS) is 16.5. The molecule has 0 saturated carbocycles. The fourth-order valence-corrected chi connectivity index (χ4v) is 2.73. The average Bonchev–Trinajstić information content (AvgIpc) is 3.06. The maximum Gasteiger partial charge on any atom is 0.191 e. The van der Waals surface area contributed by atoms with Gasteiger partial charge in [-0.15, -0.1) is 30.4 Å². The van der Waals surface area contributed by atoms with Crippen molar-refractivity contribution in [1.29, 1.82) is 0 Å². The molecule has 2 rings (SSSR count). The zero-order valence-electron chi connectivity index (χ0n) is 13.1. The Balaban J connectivity index is 0.00000242. The molecule has 1 aliphatic rings. The van der Waals surface area contributed by atoms with E-state index < -0.39 is 0 Å². The molecule has 0 bridgehead atoms. The van der Waals surface area contributed by atoms with Gasteiger partial charge in [0.05, 0.1) is 12.6 Å². The van der Waals surface area contributed by atoms with Crippen molar-refractivity contribution in [3.05, 3.63) is 35.9 Å². The lowest BCUT2D eigenvalue weighted by molar-refractivity contribution is 0.245. The zero-order chi connectivity index (χ0) is 14.9. The molecule has 1 unspecified atom stereocenters. The van der Waals surface area contributed by atoms with Gasteiger partial charge in [-0.3, -0.25) is 9.89 Å². The van der Waals surface area contributed by atoms with Crippen LogP contribution in [-0.4, -0.2) is 44.1 Å². The SMILES string of the molecule is C#CCNC(=NC)NCC(c1ccccc1)N1CCCC1.I. The van der Waals surface area contributed by atoms with Gasteiger partial charge in [0, 0.05) is 13.6 Å². The molecule has 1 fully saturated rings. The second-order valence-corrected chi connectivity index (χ2v) is 5.18. The van der Waals surface area contributed by atoms with Crippen molar-refractivity contribution in [1.82, 2.24) is 15.5 Å². The number of terminal acetylenes is 1. The lowest BCUT2D eigenvalue weighted by atomic mass is 10.1. The Labute approximate surface area is 150 Å². The molecule has 22 heavy (non-hydrogen) atoms. The van der Waals surface area contributed by atoms with Gasteiger partial charge in [-0.05, 0) is 31.5 Å². The van der Waals surface area contributed by atoms with Gasteiger partial charge in [0.1, 0.15) is 0 Å². The molecule has 1 atom stereocenters.